The van der Waals surface area contributed by atoms with E-state index in [0.29, 0.717) is 6.54 Å². The molecule has 1 aliphatic heterocycles. The van der Waals surface area contributed by atoms with Crippen LogP contribution in [-0.2, 0) is 17.5 Å². The van der Waals surface area contributed by atoms with Gasteiger partial charge >= 0.3 is 6.18 Å². The molecule has 2 aromatic rings. The molecule has 2 N–H and O–H groups in total. The monoisotopic (exact) mass is 393 g/mol. The van der Waals surface area contributed by atoms with Gasteiger partial charge in [-0.25, -0.2) is 9.97 Å². The molecule has 3 rings (SSSR count). The normalized spacial score (nSPS) is 17.9. The predicted molar refractivity (Wildman–Crippen MR) is 99.7 cm³/mol. The number of anilines is 2. The molecule has 150 valence electrons. The standard InChI is InChI=1S/C19H22F3N5O/c1-13(28)24-15-6-4-14(5-7-15)11-27-10-2-3-16(12-27)25-18-23-9-8-17(26-18)19(20,21)22/h4-9,16H,2-3,10-12H2,1H3,(H,24,28)(H,23,25,26). The second-order valence-electron chi connectivity index (χ2n) is 6.86. The van der Waals surface area contributed by atoms with E-state index in [-0.39, 0.29) is 17.9 Å². The molecular formula is C19H22F3N5O. The SMILES string of the molecule is CC(=O)Nc1ccc(CN2CCCC(Nc3nccc(C(F)(F)F)n3)C2)cc1. The smallest absolute Gasteiger partial charge is 0.350 e. The molecule has 1 fully saturated rings. The first-order chi connectivity index (χ1) is 13.3. The van der Waals surface area contributed by atoms with Gasteiger partial charge in [0.05, 0.1) is 0 Å². The molecule has 2 heterocycles. The molecule has 1 saturated heterocycles. The van der Waals surface area contributed by atoms with E-state index in [2.05, 4.69) is 25.5 Å². The number of hydrogen-bond acceptors (Lipinski definition) is 5. The molecule has 1 aromatic heterocycles. The topological polar surface area (TPSA) is 70.2 Å². The van der Waals surface area contributed by atoms with Crippen LogP contribution in [0.1, 0.15) is 31.0 Å². The summed E-state index contributed by atoms with van der Waals surface area (Å²) in [5.41, 5.74) is 0.901. The van der Waals surface area contributed by atoms with Crippen molar-refractivity contribution in [2.24, 2.45) is 0 Å². The number of hydrogen-bond donors (Lipinski definition) is 2. The number of benzene rings is 1. The lowest BCUT2D eigenvalue weighted by Gasteiger charge is -2.33. The van der Waals surface area contributed by atoms with Crippen molar-refractivity contribution in [3.05, 3.63) is 47.8 Å². The van der Waals surface area contributed by atoms with Crippen molar-refractivity contribution < 1.29 is 18.0 Å². The maximum atomic E-state index is 12.8. The molecule has 0 spiro atoms. The number of carbonyl (C=O) groups is 1. The third kappa shape index (κ3) is 5.66. The Hall–Kier alpha value is -2.68. The number of aromatic nitrogens is 2. The second-order valence-corrected chi connectivity index (χ2v) is 6.86. The summed E-state index contributed by atoms with van der Waals surface area (Å²) >= 11 is 0. The Labute approximate surface area is 161 Å². The zero-order valence-corrected chi connectivity index (χ0v) is 15.5. The van der Waals surface area contributed by atoms with Crippen LogP contribution < -0.4 is 10.6 Å². The Morgan fingerprint density at radius 3 is 2.68 bits per heavy atom. The van der Waals surface area contributed by atoms with Gasteiger partial charge in [0.25, 0.3) is 0 Å². The summed E-state index contributed by atoms with van der Waals surface area (Å²) in [6.07, 6.45) is -1.59. The third-order valence-electron chi connectivity index (χ3n) is 4.47. The summed E-state index contributed by atoms with van der Waals surface area (Å²) in [5.74, 6) is -0.115. The van der Waals surface area contributed by atoms with Crippen molar-refractivity contribution in [3.63, 3.8) is 0 Å². The number of alkyl halides is 3. The molecule has 1 unspecified atom stereocenters. The van der Waals surface area contributed by atoms with Crippen LogP contribution in [-0.4, -0.2) is 39.9 Å². The van der Waals surface area contributed by atoms with Crippen LogP contribution in [0.15, 0.2) is 36.5 Å². The molecule has 28 heavy (non-hydrogen) atoms. The van der Waals surface area contributed by atoms with E-state index >= 15 is 0 Å². The van der Waals surface area contributed by atoms with Crippen LogP contribution in [0.25, 0.3) is 0 Å². The molecule has 1 amide bonds. The van der Waals surface area contributed by atoms with Gasteiger partial charge in [-0.3, -0.25) is 9.69 Å². The Morgan fingerprint density at radius 2 is 2.00 bits per heavy atom. The molecule has 0 bridgehead atoms. The summed E-state index contributed by atoms with van der Waals surface area (Å²) in [5, 5.41) is 5.76. The highest BCUT2D eigenvalue weighted by Crippen LogP contribution is 2.28. The van der Waals surface area contributed by atoms with Crippen LogP contribution in [0, 0.1) is 0 Å². The van der Waals surface area contributed by atoms with Crippen LogP contribution in [0.4, 0.5) is 24.8 Å². The van der Waals surface area contributed by atoms with Crippen LogP contribution in [0.5, 0.6) is 0 Å². The zero-order chi connectivity index (χ0) is 20.1. The lowest BCUT2D eigenvalue weighted by atomic mass is 10.0. The van der Waals surface area contributed by atoms with Gasteiger partial charge in [-0.05, 0) is 43.1 Å². The first-order valence-electron chi connectivity index (χ1n) is 9.05. The van der Waals surface area contributed by atoms with Gasteiger partial charge in [0.1, 0.15) is 5.69 Å². The lowest BCUT2D eigenvalue weighted by Crippen LogP contribution is -2.42. The molecule has 0 radical (unpaired) electrons. The van der Waals surface area contributed by atoms with Crippen molar-refractivity contribution in [1.29, 1.82) is 0 Å². The van der Waals surface area contributed by atoms with Crippen molar-refractivity contribution in [2.45, 2.75) is 38.5 Å². The van der Waals surface area contributed by atoms with Gasteiger partial charge < -0.3 is 10.6 Å². The van der Waals surface area contributed by atoms with Crippen molar-refractivity contribution in [2.75, 3.05) is 23.7 Å². The Morgan fingerprint density at radius 1 is 1.25 bits per heavy atom. The van der Waals surface area contributed by atoms with Crippen molar-refractivity contribution in [1.82, 2.24) is 14.9 Å². The molecule has 9 heteroatoms. The highest BCUT2D eigenvalue weighted by molar-refractivity contribution is 5.88. The summed E-state index contributed by atoms with van der Waals surface area (Å²) in [6, 6.07) is 8.47. The number of piperidine rings is 1. The fraction of sp³-hybridized carbons (Fsp3) is 0.421. The van der Waals surface area contributed by atoms with E-state index in [0.717, 1.165) is 49.4 Å². The zero-order valence-electron chi connectivity index (χ0n) is 15.5. The van der Waals surface area contributed by atoms with Gasteiger partial charge in [0.2, 0.25) is 11.9 Å². The van der Waals surface area contributed by atoms with Gasteiger partial charge in [-0.15, -0.1) is 0 Å². The first-order valence-corrected chi connectivity index (χ1v) is 9.05. The number of halogens is 3. The van der Waals surface area contributed by atoms with Gasteiger partial charge in [-0.1, -0.05) is 12.1 Å². The fourth-order valence-electron chi connectivity index (χ4n) is 3.24. The van der Waals surface area contributed by atoms with E-state index in [9.17, 15) is 18.0 Å². The average Bonchev–Trinajstić information content (AvgIpc) is 2.63. The number of carbonyl (C=O) groups excluding carboxylic acids is 1. The molecule has 1 aromatic carbocycles. The first kappa shape index (κ1) is 20.1. The number of nitrogens with one attached hydrogen (secondary N) is 2. The van der Waals surface area contributed by atoms with Crippen molar-refractivity contribution in [3.8, 4) is 0 Å². The highest BCUT2D eigenvalue weighted by Gasteiger charge is 2.33. The summed E-state index contributed by atoms with van der Waals surface area (Å²) < 4.78 is 38.4. The van der Waals surface area contributed by atoms with Crippen LogP contribution in [0.3, 0.4) is 0 Å². The maximum absolute atomic E-state index is 12.8. The average molecular weight is 393 g/mol. The summed E-state index contributed by atoms with van der Waals surface area (Å²) in [7, 11) is 0. The van der Waals surface area contributed by atoms with Crippen LogP contribution >= 0.6 is 0 Å². The van der Waals surface area contributed by atoms with E-state index in [4.69, 9.17) is 0 Å². The number of likely N-dealkylation sites (tertiary alicyclic amines) is 1. The summed E-state index contributed by atoms with van der Waals surface area (Å²) in [4.78, 5) is 20.8. The fourth-order valence-corrected chi connectivity index (χ4v) is 3.24. The number of amides is 1. The molecule has 0 aliphatic carbocycles. The summed E-state index contributed by atoms with van der Waals surface area (Å²) in [6.45, 7) is 3.78. The van der Waals surface area contributed by atoms with E-state index in [1.165, 1.54) is 6.92 Å². The van der Waals surface area contributed by atoms with Gasteiger partial charge in [0.15, 0.2) is 0 Å². The minimum Gasteiger partial charge on any atom is -0.350 e. The maximum Gasteiger partial charge on any atom is 0.433 e. The number of rotatable bonds is 5. The van der Waals surface area contributed by atoms with E-state index in [1.807, 2.05) is 24.3 Å². The molecule has 1 aliphatic rings. The Kier molecular flexibility index (Phi) is 6.13. The molecule has 0 saturated carbocycles. The number of nitrogens with zero attached hydrogens (tertiary/aromatic N) is 3. The van der Waals surface area contributed by atoms with Gasteiger partial charge in [-0.2, -0.15) is 13.2 Å². The molecular weight excluding hydrogens is 371 g/mol. The Balaban J connectivity index is 1.58. The predicted octanol–water partition coefficient (Wildman–Crippen LogP) is 3.53. The largest absolute Gasteiger partial charge is 0.433 e. The minimum absolute atomic E-state index is 0.00124. The third-order valence-corrected chi connectivity index (χ3v) is 4.47. The molecule has 1 atom stereocenters. The van der Waals surface area contributed by atoms with E-state index < -0.39 is 11.9 Å². The van der Waals surface area contributed by atoms with Gasteiger partial charge in [0, 0.05) is 37.9 Å². The molecule has 6 nitrogen and oxygen atoms in total. The Bertz CT molecular complexity index is 810. The minimum atomic E-state index is -4.48. The van der Waals surface area contributed by atoms with Crippen LogP contribution in [0.2, 0.25) is 0 Å². The quantitative estimate of drug-likeness (QED) is 0.813. The second kappa shape index (κ2) is 8.55. The highest BCUT2D eigenvalue weighted by atomic mass is 19.4. The lowest BCUT2D eigenvalue weighted by molar-refractivity contribution is -0.141. The van der Waals surface area contributed by atoms with E-state index in [1.54, 1.807) is 0 Å². The van der Waals surface area contributed by atoms with Crippen molar-refractivity contribution >= 4 is 17.5 Å².